The van der Waals surface area contributed by atoms with Gasteiger partial charge < -0.3 is 14.5 Å². The number of carbonyl (C=O) groups is 1. The van der Waals surface area contributed by atoms with Gasteiger partial charge in [-0.2, -0.15) is 0 Å². The van der Waals surface area contributed by atoms with Gasteiger partial charge in [0.25, 0.3) is 5.91 Å². The standard InChI is InChI=1S/C15H20N6O2S/c1-4-10-13(24-19-18-10)15(22)21-7-8-23-11(9-21)12-14(20(2)3)17-6-5-16-12/h5-6,11H,4,7-9H2,1-3H3/t11-/m1/s1. The van der Waals surface area contributed by atoms with Crippen LogP contribution in [0, 0.1) is 0 Å². The Bertz CT molecular complexity index is 719. The number of aromatic nitrogens is 4. The SMILES string of the molecule is CCc1nnsc1C(=O)N1CCO[C@@H](c2nccnc2N(C)C)C1. The number of hydrogen-bond donors (Lipinski definition) is 0. The van der Waals surface area contributed by atoms with E-state index in [4.69, 9.17) is 4.74 Å². The van der Waals surface area contributed by atoms with Crippen molar-refractivity contribution in [1.29, 1.82) is 0 Å². The van der Waals surface area contributed by atoms with Gasteiger partial charge >= 0.3 is 0 Å². The van der Waals surface area contributed by atoms with Crippen LogP contribution in [0.15, 0.2) is 12.4 Å². The van der Waals surface area contributed by atoms with E-state index in [0.29, 0.717) is 31.0 Å². The highest BCUT2D eigenvalue weighted by Gasteiger charge is 2.31. The minimum atomic E-state index is -0.292. The smallest absolute Gasteiger partial charge is 0.267 e. The lowest BCUT2D eigenvalue weighted by Crippen LogP contribution is -2.42. The molecule has 1 aliphatic heterocycles. The number of morpholine rings is 1. The first-order chi connectivity index (χ1) is 11.6. The third-order valence-electron chi connectivity index (χ3n) is 3.87. The fourth-order valence-electron chi connectivity index (χ4n) is 2.66. The minimum Gasteiger partial charge on any atom is -0.368 e. The van der Waals surface area contributed by atoms with Crippen molar-refractivity contribution >= 4 is 23.3 Å². The summed E-state index contributed by atoms with van der Waals surface area (Å²) < 4.78 is 9.77. The van der Waals surface area contributed by atoms with Gasteiger partial charge in [0.15, 0.2) is 5.82 Å². The molecular formula is C15H20N6O2S. The molecule has 1 fully saturated rings. The van der Waals surface area contributed by atoms with Gasteiger partial charge in [0.1, 0.15) is 16.7 Å². The van der Waals surface area contributed by atoms with E-state index in [1.54, 1.807) is 17.3 Å². The maximum Gasteiger partial charge on any atom is 0.267 e. The maximum atomic E-state index is 12.8. The molecule has 128 valence electrons. The molecule has 1 aliphatic rings. The molecule has 3 heterocycles. The molecule has 3 rings (SSSR count). The van der Waals surface area contributed by atoms with E-state index >= 15 is 0 Å². The summed E-state index contributed by atoms with van der Waals surface area (Å²) in [6.07, 6.45) is 3.70. The highest BCUT2D eigenvalue weighted by atomic mass is 32.1. The van der Waals surface area contributed by atoms with E-state index in [1.807, 2.05) is 25.9 Å². The van der Waals surface area contributed by atoms with Gasteiger partial charge in [-0.05, 0) is 18.0 Å². The molecule has 2 aromatic heterocycles. The van der Waals surface area contributed by atoms with Crippen LogP contribution in [0.5, 0.6) is 0 Å². The van der Waals surface area contributed by atoms with Crippen LogP contribution in [0.1, 0.15) is 34.1 Å². The van der Waals surface area contributed by atoms with Gasteiger partial charge in [-0.3, -0.25) is 9.78 Å². The molecule has 2 aromatic rings. The summed E-state index contributed by atoms with van der Waals surface area (Å²) in [5.74, 6) is 0.718. The van der Waals surface area contributed by atoms with E-state index in [-0.39, 0.29) is 12.0 Å². The first-order valence-corrected chi connectivity index (χ1v) is 8.59. The third-order valence-corrected chi connectivity index (χ3v) is 4.63. The largest absolute Gasteiger partial charge is 0.368 e. The Morgan fingerprint density at radius 3 is 2.96 bits per heavy atom. The zero-order chi connectivity index (χ0) is 17.1. The Balaban J connectivity index is 1.81. The van der Waals surface area contributed by atoms with E-state index in [2.05, 4.69) is 19.6 Å². The van der Waals surface area contributed by atoms with Crippen LogP contribution in [-0.2, 0) is 11.2 Å². The fourth-order valence-corrected chi connectivity index (χ4v) is 3.38. The van der Waals surface area contributed by atoms with Crippen LogP contribution in [-0.4, -0.2) is 64.2 Å². The zero-order valence-electron chi connectivity index (χ0n) is 14.0. The normalized spacial score (nSPS) is 17.8. The molecule has 1 atom stereocenters. The average molecular weight is 348 g/mol. The van der Waals surface area contributed by atoms with Crippen LogP contribution in [0.4, 0.5) is 5.82 Å². The molecule has 1 saturated heterocycles. The van der Waals surface area contributed by atoms with E-state index < -0.39 is 0 Å². The van der Waals surface area contributed by atoms with Gasteiger partial charge in [-0.1, -0.05) is 11.4 Å². The van der Waals surface area contributed by atoms with Crippen molar-refractivity contribution in [2.75, 3.05) is 38.7 Å². The molecule has 8 nitrogen and oxygen atoms in total. The summed E-state index contributed by atoms with van der Waals surface area (Å²) in [6.45, 7) is 3.43. The summed E-state index contributed by atoms with van der Waals surface area (Å²) in [6, 6.07) is 0. The Hall–Kier alpha value is -2.13. The number of hydrogen-bond acceptors (Lipinski definition) is 8. The predicted molar refractivity (Wildman–Crippen MR) is 90.2 cm³/mol. The Kier molecular flexibility index (Phi) is 5.00. The van der Waals surface area contributed by atoms with Crippen molar-refractivity contribution < 1.29 is 9.53 Å². The third kappa shape index (κ3) is 3.22. The van der Waals surface area contributed by atoms with Crippen LogP contribution >= 0.6 is 11.5 Å². The molecule has 0 radical (unpaired) electrons. The van der Waals surface area contributed by atoms with Gasteiger partial charge in [0.2, 0.25) is 0 Å². The predicted octanol–water partition coefficient (Wildman–Crippen LogP) is 1.17. The second kappa shape index (κ2) is 7.18. The lowest BCUT2D eigenvalue weighted by molar-refractivity contribution is -0.0245. The summed E-state index contributed by atoms with van der Waals surface area (Å²) in [4.78, 5) is 25.9. The van der Waals surface area contributed by atoms with Gasteiger partial charge in [0.05, 0.1) is 18.8 Å². The fraction of sp³-hybridized carbons (Fsp3) is 0.533. The van der Waals surface area contributed by atoms with Crippen LogP contribution < -0.4 is 4.90 Å². The number of rotatable bonds is 4. The van der Waals surface area contributed by atoms with Gasteiger partial charge in [-0.25, -0.2) is 4.98 Å². The quantitative estimate of drug-likeness (QED) is 0.820. The van der Waals surface area contributed by atoms with Crippen LogP contribution in [0.25, 0.3) is 0 Å². The summed E-state index contributed by atoms with van der Waals surface area (Å²) >= 11 is 1.15. The molecular weight excluding hydrogens is 328 g/mol. The summed E-state index contributed by atoms with van der Waals surface area (Å²) in [7, 11) is 3.82. The summed E-state index contributed by atoms with van der Waals surface area (Å²) in [5, 5.41) is 4.03. The topological polar surface area (TPSA) is 84.3 Å². The zero-order valence-corrected chi connectivity index (χ0v) is 14.8. The number of carbonyl (C=O) groups excluding carboxylic acids is 1. The highest BCUT2D eigenvalue weighted by molar-refractivity contribution is 7.08. The molecule has 1 amide bonds. The molecule has 0 aromatic carbocycles. The second-order valence-electron chi connectivity index (χ2n) is 5.67. The van der Waals surface area contributed by atoms with Crippen LogP contribution in [0.3, 0.4) is 0 Å². The monoisotopic (exact) mass is 348 g/mol. The van der Waals surface area contributed by atoms with Crippen LogP contribution in [0.2, 0.25) is 0 Å². The van der Waals surface area contributed by atoms with Crippen molar-refractivity contribution in [1.82, 2.24) is 24.5 Å². The lowest BCUT2D eigenvalue weighted by Gasteiger charge is -2.33. The van der Waals surface area contributed by atoms with Gasteiger partial charge in [-0.15, -0.1) is 5.10 Å². The summed E-state index contributed by atoms with van der Waals surface area (Å²) in [5.41, 5.74) is 1.50. The maximum absolute atomic E-state index is 12.8. The van der Waals surface area contributed by atoms with Crippen molar-refractivity contribution in [2.24, 2.45) is 0 Å². The number of ether oxygens (including phenoxy) is 1. The molecule has 0 N–H and O–H groups in total. The van der Waals surface area contributed by atoms with Crippen molar-refractivity contribution in [3.8, 4) is 0 Å². The first-order valence-electron chi connectivity index (χ1n) is 7.82. The van der Waals surface area contributed by atoms with E-state index in [0.717, 1.165) is 28.7 Å². The minimum absolute atomic E-state index is 0.0366. The Morgan fingerprint density at radius 1 is 1.42 bits per heavy atom. The first kappa shape index (κ1) is 16.7. The second-order valence-corrected chi connectivity index (χ2v) is 6.43. The molecule has 0 bridgehead atoms. The van der Waals surface area contributed by atoms with E-state index in [1.165, 1.54) is 0 Å². The lowest BCUT2D eigenvalue weighted by atomic mass is 10.1. The Labute approximate surface area is 144 Å². The average Bonchev–Trinajstić information content (AvgIpc) is 3.10. The van der Waals surface area contributed by atoms with Gasteiger partial charge in [0, 0.05) is 33.0 Å². The molecule has 0 unspecified atom stereocenters. The van der Waals surface area contributed by atoms with E-state index in [9.17, 15) is 4.79 Å². The van der Waals surface area contributed by atoms with Crippen molar-refractivity contribution in [3.63, 3.8) is 0 Å². The molecule has 0 aliphatic carbocycles. The molecule has 0 saturated carbocycles. The highest BCUT2D eigenvalue weighted by Crippen LogP contribution is 2.27. The molecule has 9 heteroatoms. The molecule has 24 heavy (non-hydrogen) atoms. The van der Waals surface area contributed by atoms with Crippen molar-refractivity contribution in [3.05, 3.63) is 28.7 Å². The number of nitrogens with zero attached hydrogens (tertiary/aromatic N) is 6. The number of aryl methyl sites for hydroxylation is 1. The number of amides is 1. The van der Waals surface area contributed by atoms with Crippen molar-refractivity contribution in [2.45, 2.75) is 19.4 Å². The number of anilines is 1. The molecule has 0 spiro atoms. The Morgan fingerprint density at radius 2 is 2.21 bits per heavy atom.